The number of rotatable bonds is 3. The Kier molecular flexibility index (Phi) is 4.00. The van der Waals surface area contributed by atoms with Crippen LogP contribution in [0.15, 0.2) is 30.3 Å². The molecule has 104 valence electrons. The van der Waals surface area contributed by atoms with Gasteiger partial charge in [-0.1, -0.05) is 23.7 Å². The molecule has 2 rings (SSSR count). The molecule has 0 saturated heterocycles. The first-order valence-corrected chi connectivity index (χ1v) is 6.50. The molecule has 0 aliphatic heterocycles. The molecular formula is C16H15ClO3. The Morgan fingerprint density at radius 3 is 2.45 bits per heavy atom. The van der Waals surface area contributed by atoms with Crippen molar-refractivity contribution in [2.24, 2.45) is 0 Å². The third kappa shape index (κ3) is 2.63. The number of hydrogen-bond acceptors (Lipinski definition) is 2. The van der Waals surface area contributed by atoms with Crippen molar-refractivity contribution in [3.05, 3.63) is 52.0 Å². The minimum atomic E-state index is -0.926. The zero-order chi connectivity index (χ0) is 14.9. The van der Waals surface area contributed by atoms with E-state index in [0.717, 1.165) is 22.3 Å². The number of methoxy groups -OCH3 is 1. The largest absolute Gasteiger partial charge is 0.495 e. The number of carboxylic acid groups (broad SMARTS) is 1. The maximum atomic E-state index is 11.2. The van der Waals surface area contributed by atoms with Gasteiger partial charge in [-0.3, -0.25) is 0 Å². The van der Waals surface area contributed by atoms with Crippen molar-refractivity contribution in [3.8, 4) is 16.9 Å². The number of benzene rings is 2. The van der Waals surface area contributed by atoms with E-state index >= 15 is 0 Å². The SMILES string of the molecule is COc1cc(-c2cc(C(=O)O)c(C)cc2C)ccc1Cl. The van der Waals surface area contributed by atoms with Gasteiger partial charge in [0.1, 0.15) is 5.75 Å². The molecule has 0 fully saturated rings. The van der Waals surface area contributed by atoms with E-state index in [1.807, 2.05) is 25.1 Å². The Bertz CT molecular complexity index is 678. The summed E-state index contributed by atoms with van der Waals surface area (Å²) in [5.41, 5.74) is 3.81. The van der Waals surface area contributed by atoms with Gasteiger partial charge in [-0.25, -0.2) is 4.79 Å². The summed E-state index contributed by atoms with van der Waals surface area (Å²) in [7, 11) is 1.55. The van der Waals surface area contributed by atoms with Crippen molar-refractivity contribution >= 4 is 17.6 Å². The standard InChI is InChI=1S/C16H15ClO3/c1-9-6-10(2)13(16(18)19)8-12(9)11-4-5-14(17)15(7-11)20-3/h4-8H,1-3H3,(H,18,19). The highest BCUT2D eigenvalue weighted by Gasteiger charge is 2.13. The van der Waals surface area contributed by atoms with E-state index in [-0.39, 0.29) is 0 Å². The normalized spacial score (nSPS) is 10.4. The molecule has 20 heavy (non-hydrogen) atoms. The zero-order valence-electron chi connectivity index (χ0n) is 11.5. The molecule has 2 aromatic carbocycles. The first-order chi connectivity index (χ1) is 9.43. The fraction of sp³-hybridized carbons (Fsp3) is 0.188. The lowest BCUT2D eigenvalue weighted by Gasteiger charge is -2.12. The second-order valence-corrected chi connectivity index (χ2v) is 5.04. The molecule has 0 saturated carbocycles. The molecular weight excluding hydrogens is 276 g/mol. The summed E-state index contributed by atoms with van der Waals surface area (Å²) in [6.07, 6.45) is 0. The molecule has 0 aromatic heterocycles. The smallest absolute Gasteiger partial charge is 0.335 e. The fourth-order valence-electron chi connectivity index (χ4n) is 2.22. The maximum absolute atomic E-state index is 11.2. The summed E-state index contributed by atoms with van der Waals surface area (Å²) < 4.78 is 5.20. The molecule has 0 radical (unpaired) electrons. The van der Waals surface area contributed by atoms with Crippen LogP contribution in [0.4, 0.5) is 0 Å². The predicted molar refractivity (Wildman–Crippen MR) is 79.9 cm³/mol. The number of halogens is 1. The molecule has 0 atom stereocenters. The van der Waals surface area contributed by atoms with Gasteiger partial charge in [-0.2, -0.15) is 0 Å². The van der Waals surface area contributed by atoms with Crippen LogP contribution >= 0.6 is 11.6 Å². The van der Waals surface area contributed by atoms with Gasteiger partial charge in [0.25, 0.3) is 0 Å². The second kappa shape index (κ2) is 5.55. The van der Waals surface area contributed by atoms with Crippen molar-refractivity contribution in [3.63, 3.8) is 0 Å². The summed E-state index contributed by atoms with van der Waals surface area (Å²) in [6, 6.07) is 8.98. The Labute approximate surface area is 122 Å². The lowest BCUT2D eigenvalue weighted by atomic mass is 9.95. The van der Waals surface area contributed by atoms with E-state index in [2.05, 4.69) is 0 Å². The zero-order valence-corrected chi connectivity index (χ0v) is 12.3. The number of carboxylic acids is 1. The summed E-state index contributed by atoms with van der Waals surface area (Å²) in [5.74, 6) is -0.356. The van der Waals surface area contributed by atoms with E-state index < -0.39 is 5.97 Å². The van der Waals surface area contributed by atoms with Crippen molar-refractivity contribution < 1.29 is 14.6 Å². The first kappa shape index (κ1) is 14.4. The van der Waals surface area contributed by atoms with Crippen LogP contribution in [0.5, 0.6) is 5.75 Å². The molecule has 3 nitrogen and oxygen atoms in total. The number of ether oxygens (including phenoxy) is 1. The van der Waals surface area contributed by atoms with Gasteiger partial charge in [0.2, 0.25) is 0 Å². The number of aromatic carboxylic acids is 1. The van der Waals surface area contributed by atoms with Gasteiger partial charge >= 0.3 is 5.97 Å². The van der Waals surface area contributed by atoms with Gasteiger partial charge in [-0.15, -0.1) is 0 Å². The van der Waals surface area contributed by atoms with Crippen molar-refractivity contribution in [2.75, 3.05) is 7.11 Å². The number of carbonyl (C=O) groups is 1. The Balaban J connectivity index is 2.63. The maximum Gasteiger partial charge on any atom is 0.335 e. The van der Waals surface area contributed by atoms with Crippen LogP contribution in [0.1, 0.15) is 21.5 Å². The second-order valence-electron chi connectivity index (χ2n) is 4.64. The molecule has 0 aliphatic rings. The van der Waals surface area contributed by atoms with Gasteiger partial charge in [0, 0.05) is 0 Å². The number of hydrogen-bond donors (Lipinski definition) is 1. The third-order valence-electron chi connectivity index (χ3n) is 3.26. The average molecular weight is 291 g/mol. The van der Waals surface area contributed by atoms with Crippen molar-refractivity contribution in [2.45, 2.75) is 13.8 Å². The van der Waals surface area contributed by atoms with E-state index in [1.165, 1.54) is 0 Å². The molecule has 4 heteroatoms. The van der Waals surface area contributed by atoms with Crippen molar-refractivity contribution in [1.82, 2.24) is 0 Å². The lowest BCUT2D eigenvalue weighted by Crippen LogP contribution is -2.01. The Morgan fingerprint density at radius 1 is 1.15 bits per heavy atom. The highest BCUT2D eigenvalue weighted by molar-refractivity contribution is 6.32. The Morgan fingerprint density at radius 2 is 1.85 bits per heavy atom. The molecule has 1 N–H and O–H groups in total. The van der Waals surface area contributed by atoms with Crippen LogP contribution in [0, 0.1) is 13.8 Å². The predicted octanol–water partition coefficient (Wildman–Crippen LogP) is 4.33. The molecule has 0 unspecified atom stereocenters. The van der Waals surface area contributed by atoms with E-state index in [4.69, 9.17) is 16.3 Å². The number of aryl methyl sites for hydroxylation is 2. The van der Waals surface area contributed by atoms with Crippen molar-refractivity contribution in [1.29, 1.82) is 0 Å². The van der Waals surface area contributed by atoms with Gasteiger partial charge < -0.3 is 9.84 Å². The molecule has 2 aromatic rings. The van der Waals surface area contributed by atoms with Crippen LogP contribution in [-0.4, -0.2) is 18.2 Å². The third-order valence-corrected chi connectivity index (χ3v) is 3.58. The van der Waals surface area contributed by atoms with Crippen LogP contribution < -0.4 is 4.74 Å². The highest BCUT2D eigenvalue weighted by Crippen LogP contribution is 2.33. The highest BCUT2D eigenvalue weighted by atomic mass is 35.5. The fourth-order valence-corrected chi connectivity index (χ4v) is 2.42. The molecule has 0 spiro atoms. The molecule has 0 heterocycles. The molecule has 0 aliphatic carbocycles. The Hall–Kier alpha value is -2.00. The molecule has 0 amide bonds. The average Bonchev–Trinajstić information content (AvgIpc) is 2.39. The van der Waals surface area contributed by atoms with E-state index in [9.17, 15) is 9.90 Å². The van der Waals surface area contributed by atoms with Gasteiger partial charge in [0.05, 0.1) is 17.7 Å². The minimum absolute atomic E-state index is 0.305. The summed E-state index contributed by atoms with van der Waals surface area (Å²) in [6.45, 7) is 3.75. The monoisotopic (exact) mass is 290 g/mol. The van der Waals surface area contributed by atoms with Gasteiger partial charge in [0.15, 0.2) is 0 Å². The van der Waals surface area contributed by atoms with Gasteiger partial charge in [-0.05, 0) is 54.3 Å². The first-order valence-electron chi connectivity index (χ1n) is 6.12. The topological polar surface area (TPSA) is 46.5 Å². The quantitative estimate of drug-likeness (QED) is 0.915. The lowest BCUT2D eigenvalue weighted by molar-refractivity contribution is 0.0696. The summed E-state index contributed by atoms with van der Waals surface area (Å²) in [5, 5.41) is 9.75. The molecule has 0 bridgehead atoms. The van der Waals surface area contributed by atoms with E-state index in [0.29, 0.717) is 16.3 Å². The van der Waals surface area contributed by atoms with Crippen LogP contribution in [-0.2, 0) is 0 Å². The van der Waals surface area contributed by atoms with Crippen LogP contribution in [0.25, 0.3) is 11.1 Å². The van der Waals surface area contributed by atoms with Crippen LogP contribution in [0.3, 0.4) is 0 Å². The van der Waals surface area contributed by atoms with Crippen LogP contribution in [0.2, 0.25) is 5.02 Å². The summed E-state index contributed by atoms with van der Waals surface area (Å²) in [4.78, 5) is 11.2. The summed E-state index contributed by atoms with van der Waals surface area (Å²) >= 11 is 6.01. The van der Waals surface area contributed by atoms with E-state index in [1.54, 1.807) is 26.2 Å². The minimum Gasteiger partial charge on any atom is -0.495 e.